The Morgan fingerprint density at radius 1 is 1.11 bits per heavy atom. The second-order valence-corrected chi connectivity index (χ2v) is 8.29. The topological polar surface area (TPSA) is 58.8 Å². The fraction of sp³-hybridized carbons (Fsp3) is 0.476. The largest absolute Gasteiger partial charge is 0.497 e. The zero-order valence-corrected chi connectivity index (χ0v) is 17.3. The van der Waals surface area contributed by atoms with Crippen molar-refractivity contribution in [3.8, 4) is 5.75 Å². The number of piperazine rings is 1. The van der Waals surface area contributed by atoms with E-state index >= 15 is 0 Å². The first-order valence-corrected chi connectivity index (χ1v) is 9.76. The minimum atomic E-state index is -0.0366. The lowest BCUT2D eigenvalue weighted by Gasteiger charge is -2.49. The van der Waals surface area contributed by atoms with Gasteiger partial charge in [0, 0.05) is 25.3 Å². The fourth-order valence-corrected chi connectivity index (χ4v) is 3.95. The van der Waals surface area contributed by atoms with Gasteiger partial charge in [0.25, 0.3) is 0 Å². The van der Waals surface area contributed by atoms with Crippen molar-refractivity contribution in [3.63, 3.8) is 0 Å². The van der Waals surface area contributed by atoms with Crippen LogP contribution in [0.4, 0.5) is 11.4 Å². The molecule has 1 saturated heterocycles. The van der Waals surface area contributed by atoms with Gasteiger partial charge < -0.3 is 14.5 Å². The molecular formula is C21H28N6O. The number of methoxy groups -OCH3 is 1. The van der Waals surface area contributed by atoms with Gasteiger partial charge in [-0.3, -0.25) is 0 Å². The van der Waals surface area contributed by atoms with Gasteiger partial charge in [-0.25, -0.2) is 0 Å². The highest BCUT2D eigenvalue weighted by molar-refractivity contribution is 5.69. The van der Waals surface area contributed by atoms with Gasteiger partial charge in [0.15, 0.2) is 0 Å². The summed E-state index contributed by atoms with van der Waals surface area (Å²) in [6, 6.07) is 10.5. The van der Waals surface area contributed by atoms with Crippen LogP contribution in [-0.2, 0) is 0 Å². The quantitative estimate of drug-likeness (QED) is 0.692. The maximum Gasteiger partial charge on any atom is 0.200 e. The highest BCUT2D eigenvalue weighted by Crippen LogP contribution is 2.33. The van der Waals surface area contributed by atoms with Gasteiger partial charge in [-0.2, -0.15) is 9.61 Å². The van der Waals surface area contributed by atoms with Crippen molar-refractivity contribution in [2.24, 2.45) is 0 Å². The molecule has 148 valence electrons. The van der Waals surface area contributed by atoms with Gasteiger partial charge >= 0.3 is 0 Å². The molecule has 1 aromatic carbocycles. The number of fused-ring (bicyclic) bond motifs is 1. The Hall–Kier alpha value is -2.83. The molecule has 1 fully saturated rings. The highest BCUT2D eigenvalue weighted by Gasteiger charge is 2.35. The third-order valence-electron chi connectivity index (χ3n) is 5.49. The normalized spacial score (nSPS) is 16.8. The van der Waals surface area contributed by atoms with Crippen LogP contribution >= 0.6 is 0 Å². The summed E-state index contributed by atoms with van der Waals surface area (Å²) >= 11 is 0. The Morgan fingerprint density at radius 3 is 2.50 bits per heavy atom. The molecule has 0 amide bonds. The summed E-state index contributed by atoms with van der Waals surface area (Å²) in [6.07, 6.45) is 1.68. The molecule has 3 heterocycles. The smallest absolute Gasteiger partial charge is 0.200 e. The van der Waals surface area contributed by atoms with Crippen LogP contribution in [0, 0.1) is 0 Å². The molecule has 0 unspecified atom stereocenters. The van der Waals surface area contributed by atoms with E-state index in [0.29, 0.717) is 5.92 Å². The fourth-order valence-electron chi connectivity index (χ4n) is 3.95. The van der Waals surface area contributed by atoms with E-state index in [-0.39, 0.29) is 5.54 Å². The molecular weight excluding hydrogens is 352 g/mol. The number of aromatic nitrogens is 4. The number of hydrogen-bond acceptors (Lipinski definition) is 6. The van der Waals surface area contributed by atoms with E-state index in [0.717, 1.165) is 42.4 Å². The van der Waals surface area contributed by atoms with Gasteiger partial charge in [0.05, 0.1) is 24.0 Å². The second kappa shape index (κ2) is 6.96. The number of ether oxygens (including phenoxy) is 1. The van der Waals surface area contributed by atoms with Gasteiger partial charge in [-0.05, 0) is 50.1 Å². The maximum atomic E-state index is 5.30. The lowest BCUT2D eigenvalue weighted by Crippen LogP contribution is -2.59. The minimum absolute atomic E-state index is 0.0366. The first-order chi connectivity index (χ1) is 13.4. The number of nitrogens with zero attached hydrogens (tertiary/aromatic N) is 6. The predicted molar refractivity (Wildman–Crippen MR) is 112 cm³/mol. The molecule has 0 atom stereocenters. The molecule has 7 heteroatoms. The molecule has 0 aliphatic carbocycles. The molecule has 1 aliphatic rings. The maximum absolute atomic E-state index is 5.30. The monoisotopic (exact) mass is 380 g/mol. The third kappa shape index (κ3) is 3.25. The van der Waals surface area contributed by atoms with Crippen molar-refractivity contribution in [1.82, 2.24) is 19.8 Å². The van der Waals surface area contributed by atoms with Crippen molar-refractivity contribution in [2.75, 3.05) is 36.5 Å². The molecule has 28 heavy (non-hydrogen) atoms. The zero-order valence-electron chi connectivity index (χ0n) is 17.3. The average molecular weight is 380 g/mol. The summed E-state index contributed by atoms with van der Waals surface area (Å²) in [5.41, 5.74) is 4.16. The predicted octanol–water partition coefficient (Wildman–Crippen LogP) is 3.36. The minimum Gasteiger partial charge on any atom is -0.497 e. The average Bonchev–Trinajstić information content (AvgIpc) is 3.15. The van der Waals surface area contributed by atoms with Crippen molar-refractivity contribution in [1.29, 1.82) is 0 Å². The van der Waals surface area contributed by atoms with E-state index in [9.17, 15) is 0 Å². The first-order valence-electron chi connectivity index (χ1n) is 9.76. The summed E-state index contributed by atoms with van der Waals surface area (Å²) in [4.78, 5) is 4.88. The Kier molecular flexibility index (Phi) is 4.61. The van der Waals surface area contributed by atoms with Crippen LogP contribution in [0.15, 0.2) is 36.7 Å². The first kappa shape index (κ1) is 18.5. The Labute approximate surface area is 165 Å². The number of rotatable bonds is 4. The van der Waals surface area contributed by atoms with E-state index in [2.05, 4.69) is 71.0 Å². The van der Waals surface area contributed by atoms with Gasteiger partial charge in [0.1, 0.15) is 12.1 Å². The standard InChI is InChI=1S/C21H28N6O/c1-15(2)18-12-19(20-23-22-14-27(20)24-18)25-10-11-26(21(3,4)13-25)16-6-8-17(28-5)9-7-16/h6-9,12,14-15H,10-11,13H2,1-5H3. The molecule has 4 rings (SSSR count). The molecule has 1 aliphatic heterocycles. The SMILES string of the molecule is COc1ccc(N2CCN(c3cc(C(C)C)nn4cnnc34)CC2(C)C)cc1. The summed E-state index contributed by atoms with van der Waals surface area (Å²) in [5.74, 6) is 1.23. The van der Waals surface area contributed by atoms with Crippen LogP contribution in [0.2, 0.25) is 0 Å². The molecule has 0 bridgehead atoms. The Balaban J connectivity index is 1.64. The number of hydrogen-bond donors (Lipinski definition) is 0. The van der Waals surface area contributed by atoms with E-state index in [1.54, 1.807) is 18.0 Å². The van der Waals surface area contributed by atoms with E-state index in [1.807, 2.05) is 12.1 Å². The molecule has 0 N–H and O–H groups in total. The molecule has 0 saturated carbocycles. The van der Waals surface area contributed by atoms with Crippen molar-refractivity contribution < 1.29 is 4.74 Å². The van der Waals surface area contributed by atoms with Crippen LogP contribution in [0.3, 0.4) is 0 Å². The van der Waals surface area contributed by atoms with Crippen LogP contribution in [0.1, 0.15) is 39.3 Å². The third-order valence-corrected chi connectivity index (χ3v) is 5.49. The van der Waals surface area contributed by atoms with E-state index in [4.69, 9.17) is 4.74 Å². The number of anilines is 2. The lowest BCUT2D eigenvalue weighted by atomic mass is 9.97. The summed E-state index contributed by atoms with van der Waals surface area (Å²) < 4.78 is 7.10. The van der Waals surface area contributed by atoms with Gasteiger partial charge in [0.2, 0.25) is 5.65 Å². The van der Waals surface area contributed by atoms with Crippen molar-refractivity contribution in [3.05, 3.63) is 42.4 Å². The molecule has 0 spiro atoms. The van der Waals surface area contributed by atoms with E-state index in [1.165, 1.54) is 5.69 Å². The summed E-state index contributed by atoms with van der Waals surface area (Å²) in [6.45, 7) is 11.6. The summed E-state index contributed by atoms with van der Waals surface area (Å²) in [5, 5.41) is 13.0. The van der Waals surface area contributed by atoms with Crippen LogP contribution in [0.25, 0.3) is 5.65 Å². The number of benzene rings is 1. The lowest BCUT2D eigenvalue weighted by molar-refractivity contribution is 0.410. The molecule has 2 aromatic heterocycles. The molecule has 0 radical (unpaired) electrons. The Morgan fingerprint density at radius 2 is 1.86 bits per heavy atom. The van der Waals surface area contributed by atoms with E-state index < -0.39 is 0 Å². The zero-order chi connectivity index (χ0) is 19.9. The second-order valence-electron chi connectivity index (χ2n) is 8.29. The molecule has 3 aromatic rings. The van der Waals surface area contributed by atoms with Gasteiger partial charge in [-0.1, -0.05) is 13.8 Å². The van der Waals surface area contributed by atoms with Crippen LogP contribution in [0.5, 0.6) is 5.75 Å². The van der Waals surface area contributed by atoms with Crippen LogP contribution < -0.4 is 14.5 Å². The van der Waals surface area contributed by atoms with Gasteiger partial charge in [-0.15, -0.1) is 10.2 Å². The highest BCUT2D eigenvalue weighted by atomic mass is 16.5. The van der Waals surface area contributed by atoms with Crippen LogP contribution in [-0.4, -0.2) is 52.1 Å². The Bertz CT molecular complexity index is 963. The summed E-state index contributed by atoms with van der Waals surface area (Å²) in [7, 11) is 1.70. The molecule has 7 nitrogen and oxygen atoms in total. The van der Waals surface area contributed by atoms with Crippen molar-refractivity contribution in [2.45, 2.75) is 39.2 Å². The van der Waals surface area contributed by atoms with Crippen molar-refractivity contribution >= 4 is 17.0 Å².